The summed E-state index contributed by atoms with van der Waals surface area (Å²) >= 11 is 1.51. The number of carbonyl (C=O) groups is 1. The number of nitrogens with zero attached hydrogens (tertiary/aromatic N) is 3. The number of ether oxygens (including phenoxy) is 1. The van der Waals surface area contributed by atoms with Gasteiger partial charge in [-0.15, -0.1) is 16.9 Å². The van der Waals surface area contributed by atoms with Crippen LogP contribution in [0.5, 0.6) is 5.88 Å². The van der Waals surface area contributed by atoms with Gasteiger partial charge in [0.2, 0.25) is 17.7 Å². The number of non-ortho nitro benzene ring substituents is 1. The standard InChI is InChI=1S/C22H16N6O4S/c1-11-2-5-13(6-3-11)33-10-17-18-20(27-26-17)32-19(24)15(9-23)22(18)14-8-12(28(30)31)4-7-16(14)25-21(22)29/h2-8H,10,24H2,1H3,(H,25,29)(H,26,27)/t22-/m0/s1. The van der Waals surface area contributed by atoms with Crippen LogP contribution in [0.15, 0.2) is 58.8 Å². The van der Waals surface area contributed by atoms with E-state index >= 15 is 0 Å². The Hall–Kier alpha value is -4.30. The summed E-state index contributed by atoms with van der Waals surface area (Å²) in [5, 5.41) is 31.3. The van der Waals surface area contributed by atoms with Crippen LogP contribution in [0.2, 0.25) is 0 Å². The molecule has 0 fully saturated rings. The van der Waals surface area contributed by atoms with Crippen LogP contribution in [0, 0.1) is 28.4 Å². The number of anilines is 1. The molecule has 0 saturated carbocycles. The molecule has 4 N–H and O–H groups in total. The minimum absolute atomic E-state index is 0.0560. The van der Waals surface area contributed by atoms with E-state index in [0.717, 1.165) is 10.5 Å². The average Bonchev–Trinajstić information content (AvgIpc) is 3.32. The first-order valence-electron chi connectivity index (χ1n) is 9.82. The van der Waals surface area contributed by atoms with Gasteiger partial charge in [0.05, 0.1) is 16.2 Å². The molecule has 10 nitrogen and oxygen atoms in total. The highest BCUT2D eigenvalue weighted by Crippen LogP contribution is 2.54. The number of nitro groups is 1. The van der Waals surface area contributed by atoms with Crippen LogP contribution in [0.1, 0.15) is 22.4 Å². The van der Waals surface area contributed by atoms with Gasteiger partial charge in [-0.1, -0.05) is 17.7 Å². The number of hydrogen-bond acceptors (Lipinski definition) is 8. The normalized spacial score (nSPS) is 18.4. The first kappa shape index (κ1) is 20.6. The summed E-state index contributed by atoms with van der Waals surface area (Å²) in [5.41, 5.74) is 6.57. The number of aromatic nitrogens is 2. The Balaban J connectivity index is 1.70. The SMILES string of the molecule is Cc1ccc(SCc2[nH]nc3c2[C@@]2(C(=O)Nc4ccc([N+](=O)[O-])cc42)C(C#N)=C(N)O3)cc1. The Labute approximate surface area is 191 Å². The van der Waals surface area contributed by atoms with Gasteiger partial charge < -0.3 is 15.8 Å². The molecule has 2 aromatic carbocycles. The summed E-state index contributed by atoms with van der Waals surface area (Å²) in [6.07, 6.45) is 0. The topological polar surface area (TPSA) is 160 Å². The van der Waals surface area contributed by atoms with Crippen LogP contribution in [0.4, 0.5) is 11.4 Å². The number of benzene rings is 2. The Kier molecular flexibility index (Phi) is 4.61. The van der Waals surface area contributed by atoms with E-state index in [2.05, 4.69) is 15.5 Å². The van der Waals surface area contributed by atoms with E-state index in [1.165, 1.54) is 30.0 Å². The number of nitriles is 1. The monoisotopic (exact) mass is 460 g/mol. The maximum absolute atomic E-state index is 13.5. The molecule has 2 aliphatic heterocycles. The summed E-state index contributed by atoms with van der Waals surface area (Å²) in [7, 11) is 0. The fourth-order valence-electron chi connectivity index (χ4n) is 4.22. The van der Waals surface area contributed by atoms with E-state index in [0.29, 0.717) is 22.7 Å². The number of aryl methyl sites for hydroxylation is 1. The molecule has 0 saturated heterocycles. The second-order valence-corrected chi connectivity index (χ2v) is 8.68. The van der Waals surface area contributed by atoms with Gasteiger partial charge in [-0.2, -0.15) is 5.26 Å². The lowest BCUT2D eigenvalue weighted by molar-refractivity contribution is -0.384. The number of nitrogens with one attached hydrogen (secondary N) is 2. The highest BCUT2D eigenvalue weighted by molar-refractivity contribution is 7.98. The molecule has 1 atom stereocenters. The van der Waals surface area contributed by atoms with Gasteiger partial charge in [-0.05, 0) is 25.1 Å². The van der Waals surface area contributed by atoms with Gasteiger partial charge in [-0.3, -0.25) is 20.0 Å². The molecule has 0 bridgehead atoms. The lowest BCUT2D eigenvalue weighted by atomic mass is 9.69. The number of hydrogen-bond donors (Lipinski definition) is 3. The molecule has 5 rings (SSSR count). The van der Waals surface area contributed by atoms with Crippen LogP contribution < -0.4 is 15.8 Å². The highest BCUT2D eigenvalue weighted by atomic mass is 32.2. The Morgan fingerprint density at radius 3 is 2.76 bits per heavy atom. The van der Waals surface area contributed by atoms with Gasteiger partial charge in [0.15, 0.2) is 0 Å². The van der Waals surface area contributed by atoms with E-state index in [-0.39, 0.29) is 28.6 Å². The quantitative estimate of drug-likeness (QED) is 0.304. The molecule has 1 amide bonds. The van der Waals surface area contributed by atoms with Crippen LogP contribution in [-0.2, 0) is 16.0 Å². The van der Waals surface area contributed by atoms with Crippen molar-refractivity contribution < 1.29 is 14.5 Å². The van der Waals surface area contributed by atoms with Crippen molar-refractivity contribution in [1.29, 1.82) is 5.26 Å². The number of nitro benzene ring substituents is 1. The molecular weight excluding hydrogens is 444 g/mol. The summed E-state index contributed by atoms with van der Waals surface area (Å²) < 4.78 is 5.58. The van der Waals surface area contributed by atoms with Crippen molar-refractivity contribution >= 4 is 29.0 Å². The maximum atomic E-state index is 13.5. The third kappa shape index (κ3) is 2.95. The Bertz CT molecular complexity index is 1410. The van der Waals surface area contributed by atoms with Gasteiger partial charge in [0.1, 0.15) is 17.1 Å². The molecule has 2 aliphatic rings. The van der Waals surface area contributed by atoms with Gasteiger partial charge in [0, 0.05) is 34.0 Å². The molecule has 164 valence electrons. The lowest BCUT2D eigenvalue weighted by Gasteiger charge is -2.31. The van der Waals surface area contributed by atoms with Crippen molar-refractivity contribution in [2.24, 2.45) is 5.73 Å². The van der Waals surface area contributed by atoms with Crippen molar-refractivity contribution in [3.05, 3.63) is 86.4 Å². The molecule has 11 heteroatoms. The summed E-state index contributed by atoms with van der Waals surface area (Å²) in [5.74, 6) is -0.388. The second kappa shape index (κ2) is 7.39. The zero-order valence-electron chi connectivity index (χ0n) is 17.2. The van der Waals surface area contributed by atoms with Crippen molar-refractivity contribution in [2.45, 2.75) is 23.0 Å². The molecule has 0 aliphatic carbocycles. The number of amides is 1. The van der Waals surface area contributed by atoms with Gasteiger partial charge >= 0.3 is 0 Å². The number of rotatable bonds is 4. The first-order chi connectivity index (χ1) is 15.9. The fraction of sp³-hybridized carbons (Fsp3) is 0.136. The van der Waals surface area contributed by atoms with Crippen molar-refractivity contribution in [1.82, 2.24) is 10.2 Å². The van der Waals surface area contributed by atoms with Crippen molar-refractivity contribution in [3.63, 3.8) is 0 Å². The van der Waals surface area contributed by atoms with E-state index in [9.17, 15) is 20.2 Å². The largest absolute Gasteiger partial charge is 0.420 e. The third-order valence-electron chi connectivity index (χ3n) is 5.73. The summed E-state index contributed by atoms with van der Waals surface area (Å²) in [4.78, 5) is 25.4. The van der Waals surface area contributed by atoms with Crippen LogP contribution in [0.25, 0.3) is 0 Å². The van der Waals surface area contributed by atoms with E-state index < -0.39 is 16.2 Å². The number of nitrogens with two attached hydrogens (primary N) is 1. The number of aromatic amines is 1. The molecule has 1 aromatic heterocycles. The fourth-order valence-corrected chi connectivity index (χ4v) is 5.07. The highest BCUT2D eigenvalue weighted by Gasteiger charge is 2.59. The van der Waals surface area contributed by atoms with E-state index in [1.54, 1.807) is 0 Å². The minimum atomic E-state index is -1.72. The maximum Gasteiger partial charge on any atom is 0.269 e. The zero-order valence-corrected chi connectivity index (χ0v) is 18.0. The van der Waals surface area contributed by atoms with Crippen molar-refractivity contribution in [3.8, 4) is 11.9 Å². The molecule has 0 unspecified atom stereocenters. The third-order valence-corrected chi connectivity index (χ3v) is 6.77. The lowest BCUT2D eigenvalue weighted by Crippen LogP contribution is -2.42. The van der Waals surface area contributed by atoms with Crippen LogP contribution in [-0.4, -0.2) is 21.0 Å². The molecule has 1 spiro atoms. The summed E-state index contributed by atoms with van der Waals surface area (Å²) in [6, 6.07) is 14.0. The molecular formula is C22H16N6O4S. The van der Waals surface area contributed by atoms with Gasteiger partial charge in [0.25, 0.3) is 5.69 Å². The zero-order chi connectivity index (χ0) is 23.3. The molecule has 3 aromatic rings. The molecule has 33 heavy (non-hydrogen) atoms. The Morgan fingerprint density at radius 2 is 2.06 bits per heavy atom. The smallest absolute Gasteiger partial charge is 0.269 e. The van der Waals surface area contributed by atoms with Crippen molar-refractivity contribution in [2.75, 3.05) is 5.32 Å². The Morgan fingerprint density at radius 1 is 1.30 bits per heavy atom. The van der Waals surface area contributed by atoms with E-state index in [4.69, 9.17) is 10.5 Å². The number of thioether (sulfide) groups is 1. The molecule has 0 radical (unpaired) electrons. The minimum Gasteiger partial charge on any atom is -0.420 e. The predicted molar refractivity (Wildman–Crippen MR) is 119 cm³/mol. The average molecular weight is 460 g/mol. The van der Waals surface area contributed by atoms with E-state index in [1.807, 2.05) is 37.3 Å². The summed E-state index contributed by atoms with van der Waals surface area (Å²) in [6.45, 7) is 2.00. The van der Waals surface area contributed by atoms with Gasteiger partial charge in [-0.25, -0.2) is 0 Å². The number of fused-ring (bicyclic) bond motifs is 4. The number of H-pyrrole nitrogens is 1. The first-order valence-corrected chi connectivity index (χ1v) is 10.8. The number of carbonyl (C=O) groups excluding carboxylic acids is 1. The molecule has 3 heterocycles. The van der Waals surface area contributed by atoms with Crippen LogP contribution >= 0.6 is 11.8 Å². The van der Waals surface area contributed by atoms with Crippen LogP contribution in [0.3, 0.4) is 0 Å². The predicted octanol–water partition coefficient (Wildman–Crippen LogP) is 3.24. The second-order valence-electron chi connectivity index (χ2n) is 7.63.